The third-order valence-corrected chi connectivity index (χ3v) is 3.53. The van der Waals surface area contributed by atoms with E-state index in [4.69, 9.17) is 9.47 Å². The first kappa shape index (κ1) is 14.8. The van der Waals surface area contributed by atoms with Crippen LogP contribution in [0.15, 0.2) is 30.3 Å². The van der Waals surface area contributed by atoms with E-state index in [-0.39, 0.29) is 29.3 Å². The zero-order valence-corrected chi connectivity index (χ0v) is 12.5. The molecule has 0 amide bonds. The number of carbonyl (C=O) groups is 2. The number of benzene rings is 1. The minimum absolute atomic E-state index is 0.0312. The molecule has 0 radical (unpaired) electrons. The number of hydrogen-bond acceptors (Lipinski definition) is 6. The number of rotatable bonds is 3. The van der Waals surface area contributed by atoms with Gasteiger partial charge in [-0.2, -0.15) is 4.73 Å². The summed E-state index contributed by atoms with van der Waals surface area (Å²) in [6.45, 7) is 1.62. The predicted octanol–water partition coefficient (Wildman–Crippen LogP) is 1.37. The van der Waals surface area contributed by atoms with Crippen LogP contribution in [0.2, 0.25) is 0 Å². The molecule has 0 N–H and O–H groups in total. The molecule has 0 spiro atoms. The first-order chi connectivity index (χ1) is 11.0. The lowest BCUT2D eigenvalue weighted by molar-refractivity contribution is -0.615. The van der Waals surface area contributed by atoms with Crippen molar-refractivity contribution in [3.8, 4) is 11.5 Å². The highest BCUT2D eigenvalue weighted by atomic mass is 16.7. The molecule has 23 heavy (non-hydrogen) atoms. The van der Waals surface area contributed by atoms with Crippen molar-refractivity contribution in [1.29, 1.82) is 0 Å². The third kappa shape index (κ3) is 2.46. The largest absolute Gasteiger partial charge is 0.618 e. The quantitative estimate of drug-likeness (QED) is 0.368. The summed E-state index contributed by atoms with van der Waals surface area (Å²) >= 11 is 0. The molecule has 1 aliphatic rings. The first-order valence-corrected chi connectivity index (χ1v) is 6.78. The molecule has 118 valence electrons. The van der Waals surface area contributed by atoms with Gasteiger partial charge in [-0.05, 0) is 24.3 Å². The molecule has 1 aromatic carbocycles. The number of methoxy groups -OCH3 is 1. The summed E-state index contributed by atoms with van der Waals surface area (Å²) < 4.78 is 15.4. The average molecular weight is 315 g/mol. The van der Waals surface area contributed by atoms with Crippen molar-refractivity contribution >= 4 is 11.8 Å². The van der Waals surface area contributed by atoms with Crippen LogP contribution >= 0.6 is 0 Å². The van der Waals surface area contributed by atoms with Crippen LogP contribution in [0.1, 0.15) is 32.1 Å². The molecule has 7 nitrogen and oxygen atoms in total. The summed E-state index contributed by atoms with van der Waals surface area (Å²) in [5.41, 5.74) is 0.197. The second-order valence-electron chi connectivity index (χ2n) is 4.92. The van der Waals surface area contributed by atoms with Gasteiger partial charge in [-0.15, -0.1) is 0 Å². The topological polar surface area (TPSA) is 88.8 Å². The van der Waals surface area contributed by atoms with Gasteiger partial charge in [0.1, 0.15) is 5.56 Å². The van der Waals surface area contributed by atoms with Gasteiger partial charge < -0.3 is 19.4 Å². The summed E-state index contributed by atoms with van der Waals surface area (Å²) in [5, 5.41) is 12.1. The molecule has 0 saturated carbocycles. The minimum atomic E-state index is -0.868. The Hall–Kier alpha value is -3.09. The lowest BCUT2D eigenvalue weighted by Crippen LogP contribution is -2.40. The average Bonchev–Trinajstić information content (AvgIpc) is 3.03. The van der Waals surface area contributed by atoms with Crippen LogP contribution in [-0.2, 0) is 4.74 Å². The van der Waals surface area contributed by atoms with Crippen molar-refractivity contribution in [3.05, 3.63) is 58.1 Å². The lowest BCUT2D eigenvalue weighted by atomic mass is 10.0. The fraction of sp³-hybridized carbons (Fsp3) is 0.188. The maximum atomic E-state index is 12.7. The number of hydrogen-bond donors (Lipinski definition) is 0. The smallest absolute Gasteiger partial charge is 0.405 e. The monoisotopic (exact) mass is 315 g/mol. The Morgan fingerprint density at radius 1 is 1.17 bits per heavy atom. The molecule has 0 unspecified atom stereocenters. The fourth-order valence-electron chi connectivity index (χ4n) is 2.30. The maximum Gasteiger partial charge on any atom is 0.405 e. The summed E-state index contributed by atoms with van der Waals surface area (Å²) in [6.07, 6.45) is 0. The molecule has 3 rings (SSSR count). The molecular formula is C16H13NO6. The van der Waals surface area contributed by atoms with E-state index in [9.17, 15) is 14.8 Å². The molecule has 0 fully saturated rings. The van der Waals surface area contributed by atoms with Crippen molar-refractivity contribution in [3.63, 3.8) is 0 Å². The van der Waals surface area contributed by atoms with E-state index in [1.54, 1.807) is 12.1 Å². The van der Waals surface area contributed by atoms with E-state index >= 15 is 0 Å². The van der Waals surface area contributed by atoms with Gasteiger partial charge >= 0.3 is 11.7 Å². The zero-order chi connectivity index (χ0) is 16.6. The molecule has 1 aromatic heterocycles. The van der Waals surface area contributed by atoms with Crippen molar-refractivity contribution in [1.82, 2.24) is 0 Å². The second-order valence-corrected chi connectivity index (χ2v) is 4.92. The Kier molecular flexibility index (Phi) is 3.61. The summed E-state index contributed by atoms with van der Waals surface area (Å²) in [6, 6.07) is 7.57. The van der Waals surface area contributed by atoms with Crippen LogP contribution < -0.4 is 14.2 Å². The normalized spacial score (nSPS) is 12.1. The Morgan fingerprint density at radius 3 is 2.65 bits per heavy atom. The van der Waals surface area contributed by atoms with Crippen LogP contribution in [0.5, 0.6) is 11.5 Å². The molecule has 0 bridgehead atoms. The summed E-state index contributed by atoms with van der Waals surface area (Å²) in [7, 11) is 1.15. The summed E-state index contributed by atoms with van der Waals surface area (Å²) in [4.78, 5) is 24.6. The van der Waals surface area contributed by atoms with E-state index in [0.29, 0.717) is 16.2 Å². The fourth-order valence-corrected chi connectivity index (χ4v) is 2.30. The molecule has 0 atom stereocenters. The van der Waals surface area contributed by atoms with Crippen LogP contribution in [0.3, 0.4) is 0 Å². The van der Waals surface area contributed by atoms with Gasteiger partial charge in [0.15, 0.2) is 23.0 Å². The maximum absolute atomic E-state index is 12.7. The Labute approximate surface area is 131 Å². The van der Waals surface area contributed by atoms with Gasteiger partial charge in [-0.1, -0.05) is 0 Å². The van der Waals surface area contributed by atoms with Crippen molar-refractivity contribution in [2.75, 3.05) is 13.9 Å². The molecule has 0 aliphatic carbocycles. The van der Waals surface area contributed by atoms with Crippen LogP contribution in [0.25, 0.3) is 0 Å². The molecule has 0 saturated heterocycles. The van der Waals surface area contributed by atoms with Gasteiger partial charge in [-0.25, -0.2) is 4.79 Å². The highest BCUT2D eigenvalue weighted by Gasteiger charge is 2.29. The van der Waals surface area contributed by atoms with Crippen LogP contribution in [0, 0.1) is 12.1 Å². The molecule has 2 aromatic rings. The molecule has 1 aliphatic heterocycles. The number of ketones is 1. The summed E-state index contributed by atoms with van der Waals surface area (Å²) in [5.74, 6) is -0.365. The second kappa shape index (κ2) is 5.60. The Balaban J connectivity index is 2.09. The number of carbonyl (C=O) groups excluding carboxylic acids is 2. The van der Waals surface area contributed by atoms with Crippen LogP contribution in [-0.4, -0.2) is 25.7 Å². The standard InChI is InChI=1S/C16H13NO6/c1-9-3-5-11(14(17(9)20)16(19)21-2)15(18)10-4-6-12-13(7-10)23-8-22-12/h3-7H,8H2,1-2H3. The molecule has 2 heterocycles. The van der Waals surface area contributed by atoms with Gasteiger partial charge in [0.2, 0.25) is 6.79 Å². The highest BCUT2D eigenvalue weighted by Crippen LogP contribution is 2.33. The number of fused-ring (bicyclic) bond motifs is 1. The SMILES string of the molecule is COC(=O)c1c(C(=O)c2ccc3c(c2)OCO3)ccc(C)[n+]1[O-]. The van der Waals surface area contributed by atoms with Gasteiger partial charge in [0.25, 0.3) is 0 Å². The highest BCUT2D eigenvalue weighted by molar-refractivity contribution is 6.13. The van der Waals surface area contributed by atoms with Crippen molar-refractivity contribution in [2.24, 2.45) is 0 Å². The van der Waals surface area contributed by atoms with Crippen LogP contribution in [0.4, 0.5) is 0 Å². The number of ether oxygens (including phenoxy) is 3. The number of nitrogens with zero attached hydrogens (tertiary/aromatic N) is 1. The van der Waals surface area contributed by atoms with E-state index in [1.165, 1.54) is 25.1 Å². The lowest BCUT2D eigenvalue weighted by Gasteiger charge is -2.10. The Bertz CT molecular complexity index is 814. The van der Waals surface area contributed by atoms with E-state index in [1.807, 2.05) is 0 Å². The predicted molar refractivity (Wildman–Crippen MR) is 77.5 cm³/mol. The molecular weight excluding hydrogens is 302 g/mol. The number of aromatic nitrogens is 1. The first-order valence-electron chi connectivity index (χ1n) is 6.78. The van der Waals surface area contributed by atoms with Crippen molar-refractivity contribution < 1.29 is 28.5 Å². The number of esters is 1. The minimum Gasteiger partial charge on any atom is -0.618 e. The molecule has 7 heteroatoms. The third-order valence-electron chi connectivity index (χ3n) is 3.53. The van der Waals surface area contributed by atoms with Gasteiger partial charge in [0, 0.05) is 18.6 Å². The van der Waals surface area contributed by atoms with Gasteiger partial charge in [-0.3, -0.25) is 4.79 Å². The Morgan fingerprint density at radius 2 is 1.91 bits per heavy atom. The van der Waals surface area contributed by atoms with Gasteiger partial charge in [0.05, 0.1) is 7.11 Å². The zero-order valence-electron chi connectivity index (χ0n) is 12.5. The number of pyridine rings is 1. The van der Waals surface area contributed by atoms with E-state index in [0.717, 1.165) is 7.11 Å². The van der Waals surface area contributed by atoms with E-state index < -0.39 is 11.8 Å². The van der Waals surface area contributed by atoms with Crippen molar-refractivity contribution in [2.45, 2.75) is 6.92 Å². The number of aryl methyl sites for hydroxylation is 1. The van der Waals surface area contributed by atoms with E-state index in [2.05, 4.69) is 4.74 Å².